The zero-order valence-electron chi connectivity index (χ0n) is 16.2. The standard InChI is InChI=1S/C21H20N4O5/c1-21(13-7-3-2-4-8-13)19(28)25(20(29)23-21)12-17(26)24-11-16(18(22)27)30-15-10-6-5-9-14(15)24/h2-10,16H,11-12H2,1H3,(H2,22,27)(H,23,29). The summed E-state index contributed by atoms with van der Waals surface area (Å²) in [4.78, 5) is 52.5. The van der Waals surface area contributed by atoms with Crippen LogP contribution in [-0.2, 0) is 19.9 Å². The summed E-state index contributed by atoms with van der Waals surface area (Å²) in [7, 11) is 0. The van der Waals surface area contributed by atoms with Crippen molar-refractivity contribution in [2.24, 2.45) is 5.73 Å². The van der Waals surface area contributed by atoms with E-state index in [-0.39, 0.29) is 6.54 Å². The number of carbonyl (C=O) groups excluding carboxylic acids is 4. The summed E-state index contributed by atoms with van der Waals surface area (Å²) < 4.78 is 5.55. The number of ether oxygens (including phenoxy) is 1. The Bertz CT molecular complexity index is 1040. The summed E-state index contributed by atoms with van der Waals surface area (Å²) in [6, 6.07) is 14.8. The van der Waals surface area contributed by atoms with Crippen LogP contribution in [0.4, 0.5) is 10.5 Å². The van der Waals surface area contributed by atoms with Gasteiger partial charge in [0.15, 0.2) is 6.10 Å². The molecule has 2 aliphatic heterocycles. The third-order valence-electron chi connectivity index (χ3n) is 5.31. The van der Waals surface area contributed by atoms with Gasteiger partial charge in [-0.15, -0.1) is 0 Å². The van der Waals surface area contributed by atoms with Gasteiger partial charge in [0.05, 0.1) is 12.2 Å². The number of urea groups is 1. The van der Waals surface area contributed by atoms with Crippen LogP contribution in [-0.4, -0.2) is 47.8 Å². The summed E-state index contributed by atoms with van der Waals surface area (Å²) in [5.41, 5.74) is 5.15. The normalized spacial score (nSPS) is 22.9. The molecule has 0 aromatic heterocycles. The van der Waals surface area contributed by atoms with Crippen LogP contribution in [0.15, 0.2) is 54.6 Å². The highest BCUT2D eigenvalue weighted by Crippen LogP contribution is 2.34. The van der Waals surface area contributed by atoms with Crippen molar-refractivity contribution >= 4 is 29.4 Å². The van der Waals surface area contributed by atoms with E-state index in [1.165, 1.54) is 4.90 Å². The zero-order chi connectivity index (χ0) is 21.5. The van der Waals surface area contributed by atoms with Gasteiger partial charge in [0.1, 0.15) is 17.8 Å². The average Bonchev–Trinajstić information content (AvgIpc) is 2.97. The molecule has 2 aromatic carbocycles. The van der Waals surface area contributed by atoms with Crippen LogP contribution in [0, 0.1) is 0 Å². The average molecular weight is 408 g/mol. The number of imide groups is 1. The Morgan fingerprint density at radius 2 is 1.80 bits per heavy atom. The van der Waals surface area contributed by atoms with Crippen LogP contribution in [0.3, 0.4) is 0 Å². The van der Waals surface area contributed by atoms with Crippen molar-refractivity contribution in [3.8, 4) is 5.75 Å². The molecule has 1 fully saturated rings. The van der Waals surface area contributed by atoms with Crippen molar-refractivity contribution in [2.45, 2.75) is 18.6 Å². The van der Waals surface area contributed by atoms with Crippen molar-refractivity contribution < 1.29 is 23.9 Å². The number of hydrogen-bond donors (Lipinski definition) is 2. The molecule has 2 aromatic rings. The van der Waals surface area contributed by atoms with E-state index in [2.05, 4.69) is 5.32 Å². The lowest BCUT2D eigenvalue weighted by molar-refractivity contribution is -0.134. The molecule has 0 bridgehead atoms. The molecule has 2 unspecified atom stereocenters. The lowest BCUT2D eigenvalue weighted by Crippen LogP contribution is -2.52. The molecule has 3 N–H and O–H groups in total. The van der Waals surface area contributed by atoms with Crippen molar-refractivity contribution in [3.63, 3.8) is 0 Å². The Hall–Kier alpha value is -3.88. The SMILES string of the molecule is CC1(c2ccccc2)NC(=O)N(CC(=O)N2CC(C(N)=O)Oc3ccccc32)C1=O. The Balaban J connectivity index is 1.59. The maximum absolute atomic E-state index is 13.1. The second-order valence-electron chi connectivity index (χ2n) is 7.29. The van der Waals surface area contributed by atoms with Gasteiger partial charge in [-0.1, -0.05) is 42.5 Å². The lowest BCUT2D eigenvalue weighted by atomic mass is 9.92. The highest BCUT2D eigenvalue weighted by molar-refractivity contribution is 6.11. The minimum absolute atomic E-state index is 0.106. The van der Waals surface area contributed by atoms with E-state index in [9.17, 15) is 19.2 Å². The maximum atomic E-state index is 13.1. The quantitative estimate of drug-likeness (QED) is 0.723. The number of amides is 5. The van der Waals surface area contributed by atoms with Gasteiger partial charge < -0.3 is 20.7 Å². The monoisotopic (exact) mass is 408 g/mol. The zero-order valence-corrected chi connectivity index (χ0v) is 16.2. The van der Waals surface area contributed by atoms with E-state index in [0.29, 0.717) is 17.0 Å². The first kappa shape index (κ1) is 19.4. The molecule has 5 amide bonds. The lowest BCUT2D eigenvalue weighted by Gasteiger charge is -2.34. The fourth-order valence-corrected chi connectivity index (χ4v) is 3.65. The van der Waals surface area contributed by atoms with Gasteiger partial charge in [0, 0.05) is 0 Å². The Kier molecular flexibility index (Phi) is 4.65. The van der Waals surface area contributed by atoms with Gasteiger partial charge in [0.25, 0.3) is 11.8 Å². The largest absolute Gasteiger partial charge is 0.477 e. The van der Waals surface area contributed by atoms with Gasteiger partial charge in [0.2, 0.25) is 5.91 Å². The topological polar surface area (TPSA) is 122 Å². The van der Waals surface area contributed by atoms with Crippen LogP contribution < -0.4 is 20.7 Å². The summed E-state index contributed by atoms with van der Waals surface area (Å²) in [6.45, 7) is 1.01. The second-order valence-corrected chi connectivity index (χ2v) is 7.29. The number of nitrogens with two attached hydrogens (primary N) is 1. The number of carbonyl (C=O) groups is 4. The van der Waals surface area contributed by atoms with Crippen LogP contribution in [0.2, 0.25) is 0 Å². The van der Waals surface area contributed by atoms with Crippen molar-refractivity contribution in [2.75, 3.05) is 18.0 Å². The fraction of sp³-hybridized carbons (Fsp3) is 0.238. The van der Waals surface area contributed by atoms with E-state index in [1.807, 2.05) is 0 Å². The number of nitrogens with zero attached hydrogens (tertiary/aromatic N) is 2. The highest BCUT2D eigenvalue weighted by atomic mass is 16.5. The molecule has 0 saturated carbocycles. The van der Waals surface area contributed by atoms with Gasteiger partial charge in [-0.25, -0.2) is 4.79 Å². The number of benzene rings is 2. The molecule has 0 spiro atoms. The summed E-state index contributed by atoms with van der Waals surface area (Å²) >= 11 is 0. The first-order valence-electron chi connectivity index (χ1n) is 9.36. The molecular weight excluding hydrogens is 388 g/mol. The van der Waals surface area contributed by atoms with Gasteiger partial charge in [-0.2, -0.15) is 0 Å². The highest BCUT2D eigenvalue weighted by Gasteiger charge is 2.50. The van der Waals surface area contributed by atoms with Crippen molar-refractivity contribution in [3.05, 3.63) is 60.2 Å². The molecule has 1 saturated heterocycles. The smallest absolute Gasteiger partial charge is 0.325 e. The van der Waals surface area contributed by atoms with Gasteiger partial charge in [-0.05, 0) is 24.6 Å². The molecule has 2 aliphatic rings. The molecule has 9 nitrogen and oxygen atoms in total. The number of primary amides is 1. The third-order valence-corrected chi connectivity index (χ3v) is 5.31. The van der Waals surface area contributed by atoms with E-state index in [0.717, 1.165) is 4.90 Å². The Morgan fingerprint density at radius 3 is 2.50 bits per heavy atom. The van der Waals surface area contributed by atoms with Crippen LogP contribution >= 0.6 is 0 Å². The Labute approximate surface area is 172 Å². The number of rotatable bonds is 4. The number of hydrogen-bond acceptors (Lipinski definition) is 5. The first-order chi connectivity index (χ1) is 14.3. The van der Waals surface area contributed by atoms with E-state index in [4.69, 9.17) is 10.5 Å². The van der Waals surface area contributed by atoms with E-state index >= 15 is 0 Å². The predicted molar refractivity (Wildman–Crippen MR) is 106 cm³/mol. The molecule has 0 radical (unpaired) electrons. The number of fused-ring (bicyclic) bond motifs is 1. The van der Waals surface area contributed by atoms with E-state index < -0.39 is 41.9 Å². The minimum Gasteiger partial charge on any atom is -0.477 e. The molecule has 30 heavy (non-hydrogen) atoms. The Morgan fingerprint density at radius 1 is 1.13 bits per heavy atom. The fourth-order valence-electron chi connectivity index (χ4n) is 3.65. The van der Waals surface area contributed by atoms with Crippen LogP contribution in [0.5, 0.6) is 5.75 Å². The molecule has 2 atom stereocenters. The molecule has 154 valence electrons. The van der Waals surface area contributed by atoms with Gasteiger partial charge in [-0.3, -0.25) is 19.3 Å². The van der Waals surface area contributed by atoms with Crippen LogP contribution in [0.25, 0.3) is 0 Å². The summed E-state index contributed by atoms with van der Waals surface area (Å²) in [5.74, 6) is -1.45. The minimum atomic E-state index is -1.27. The molecule has 2 heterocycles. The van der Waals surface area contributed by atoms with Crippen molar-refractivity contribution in [1.29, 1.82) is 0 Å². The number of anilines is 1. The third kappa shape index (κ3) is 3.14. The molecular formula is C21H20N4O5. The first-order valence-corrected chi connectivity index (χ1v) is 9.36. The predicted octanol–water partition coefficient (Wildman–Crippen LogP) is 0.733. The summed E-state index contributed by atoms with van der Waals surface area (Å²) in [5, 5.41) is 2.67. The van der Waals surface area contributed by atoms with E-state index in [1.54, 1.807) is 61.5 Å². The van der Waals surface area contributed by atoms with Crippen LogP contribution in [0.1, 0.15) is 12.5 Å². The second kappa shape index (κ2) is 7.18. The van der Waals surface area contributed by atoms with Crippen molar-refractivity contribution in [1.82, 2.24) is 10.2 Å². The molecule has 4 rings (SSSR count). The maximum Gasteiger partial charge on any atom is 0.325 e. The number of nitrogens with one attached hydrogen (secondary N) is 1. The molecule has 0 aliphatic carbocycles. The van der Waals surface area contributed by atoms with Gasteiger partial charge >= 0.3 is 6.03 Å². The molecule has 9 heteroatoms. The summed E-state index contributed by atoms with van der Waals surface area (Å²) in [6.07, 6.45) is -1.03. The number of para-hydroxylation sites is 2.